The highest BCUT2D eigenvalue weighted by atomic mass is 127. The molecule has 132 valence electrons. The average molecular weight is 446 g/mol. The molecule has 0 unspecified atom stereocenters. The number of nitrogens with one attached hydrogen (secondary N) is 2. The van der Waals surface area contributed by atoms with Gasteiger partial charge in [-0.3, -0.25) is 4.99 Å². The molecule has 0 radical (unpaired) electrons. The molecule has 0 aliphatic carbocycles. The number of hydrogen-bond donors (Lipinski definition) is 2. The zero-order valence-electron chi connectivity index (χ0n) is 14.2. The van der Waals surface area contributed by atoms with Gasteiger partial charge in [-0.1, -0.05) is 13.8 Å². The second-order valence-corrected chi connectivity index (χ2v) is 5.67. The van der Waals surface area contributed by atoms with Crippen molar-refractivity contribution in [1.82, 2.24) is 15.6 Å². The zero-order chi connectivity index (χ0) is 16.7. The number of aromatic nitrogens is 1. The summed E-state index contributed by atoms with van der Waals surface area (Å²) in [6.45, 7) is 5.87. The molecule has 0 aliphatic rings. The third-order valence-corrected chi connectivity index (χ3v) is 3.22. The van der Waals surface area contributed by atoms with Crippen molar-refractivity contribution in [3.8, 4) is 11.5 Å². The number of nitrogens with zero attached hydrogens (tertiary/aromatic N) is 2. The second kappa shape index (κ2) is 10.3. The number of hydrogen-bond acceptors (Lipinski definition) is 3. The summed E-state index contributed by atoms with van der Waals surface area (Å²) >= 11 is 0. The van der Waals surface area contributed by atoms with Crippen LogP contribution in [0.25, 0.3) is 11.5 Å². The van der Waals surface area contributed by atoms with Gasteiger partial charge >= 0.3 is 0 Å². The van der Waals surface area contributed by atoms with Gasteiger partial charge in [0.15, 0.2) is 5.96 Å². The van der Waals surface area contributed by atoms with Crippen LogP contribution in [-0.2, 0) is 6.42 Å². The minimum Gasteiger partial charge on any atom is -0.444 e. The fourth-order valence-electron chi connectivity index (χ4n) is 1.98. The van der Waals surface area contributed by atoms with Crippen LogP contribution in [0.1, 0.15) is 19.5 Å². The summed E-state index contributed by atoms with van der Waals surface area (Å²) in [7, 11) is 1.75. The minimum atomic E-state index is -0.273. The number of guanidine groups is 1. The van der Waals surface area contributed by atoms with E-state index in [0.29, 0.717) is 24.8 Å². The van der Waals surface area contributed by atoms with E-state index in [1.54, 1.807) is 25.4 Å². The lowest BCUT2D eigenvalue weighted by Crippen LogP contribution is -2.39. The van der Waals surface area contributed by atoms with Crippen LogP contribution in [0, 0.1) is 11.7 Å². The molecule has 0 saturated heterocycles. The first-order chi connectivity index (χ1) is 11.1. The van der Waals surface area contributed by atoms with Gasteiger partial charge in [-0.25, -0.2) is 9.37 Å². The van der Waals surface area contributed by atoms with Crippen LogP contribution in [-0.4, -0.2) is 31.1 Å². The van der Waals surface area contributed by atoms with Gasteiger partial charge in [0, 0.05) is 32.1 Å². The van der Waals surface area contributed by atoms with Gasteiger partial charge in [0.1, 0.15) is 12.1 Å². The standard InChI is InChI=1S/C17H23FN4O.HI/c1-12(2)10-21-17(19-3)20-9-8-15-11-23-16(22-15)13-4-6-14(18)7-5-13;/h4-7,11-12H,8-10H2,1-3H3,(H2,19,20,21);1H. The number of benzene rings is 1. The maximum atomic E-state index is 12.9. The number of halogens is 2. The molecule has 2 rings (SSSR count). The predicted molar refractivity (Wildman–Crippen MR) is 105 cm³/mol. The highest BCUT2D eigenvalue weighted by molar-refractivity contribution is 14.0. The summed E-state index contributed by atoms with van der Waals surface area (Å²) in [5.74, 6) is 1.57. The van der Waals surface area contributed by atoms with Gasteiger partial charge in [-0.15, -0.1) is 24.0 Å². The average Bonchev–Trinajstić information content (AvgIpc) is 3.00. The van der Waals surface area contributed by atoms with E-state index in [0.717, 1.165) is 23.8 Å². The van der Waals surface area contributed by atoms with Crippen molar-refractivity contribution in [2.45, 2.75) is 20.3 Å². The van der Waals surface area contributed by atoms with Crippen LogP contribution in [0.2, 0.25) is 0 Å². The lowest BCUT2D eigenvalue weighted by Gasteiger charge is -2.12. The number of oxazole rings is 1. The first-order valence-electron chi connectivity index (χ1n) is 7.73. The Labute approximate surface area is 159 Å². The monoisotopic (exact) mass is 446 g/mol. The van der Waals surface area contributed by atoms with E-state index in [4.69, 9.17) is 4.42 Å². The second-order valence-electron chi connectivity index (χ2n) is 5.67. The van der Waals surface area contributed by atoms with Gasteiger partial charge in [-0.2, -0.15) is 0 Å². The molecule has 5 nitrogen and oxygen atoms in total. The van der Waals surface area contributed by atoms with Crippen molar-refractivity contribution in [3.63, 3.8) is 0 Å². The Morgan fingerprint density at radius 1 is 1.25 bits per heavy atom. The van der Waals surface area contributed by atoms with Crippen LogP contribution in [0.15, 0.2) is 39.9 Å². The highest BCUT2D eigenvalue weighted by Gasteiger charge is 2.07. The molecule has 0 aliphatic heterocycles. The fraction of sp³-hybridized carbons (Fsp3) is 0.412. The largest absolute Gasteiger partial charge is 0.444 e. The molecule has 1 aromatic heterocycles. The van der Waals surface area contributed by atoms with E-state index in [2.05, 4.69) is 34.5 Å². The van der Waals surface area contributed by atoms with E-state index in [9.17, 15) is 4.39 Å². The topological polar surface area (TPSA) is 62.5 Å². The maximum Gasteiger partial charge on any atom is 0.226 e. The molecule has 2 N–H and O–H groups in total. The summed E-state index contributed by atoms with van der Waals surface area (Å²) in [4.78, 5) is 8.58. The van der Waals surface area contributed by atoms with Crippen molar-refractivity contribution in [1.29, 1.82) is 0 Å². The molecule has 0 bridgehead atoms. The summed E-state index contributed by atoms with van der Waals surface area (Å²) in [5.41, 5.74) is 1.61. The first kappa shape index (κ1) is 20.4. The van der Waals surface area contributed by atoms with E-state index in [1.165, 1.54) is 12.1 Å². The smallest absolute Gasteiger partial charge is 0.226 e. The summed E-state index contributed by atoms with van der Waals surface area (Å²) < 4.78 is 18.4. The molecular weight excluding hydrogens is 422 g/mol. The van der Waals surface area contributed by atoms with Crippen LogP contribution in [0.3, 0.4) is 0 Å². The van der Waals surface area contributed by atoms with E-state index in [-0.39, 0.29) is 29.8 Å². The van der Waals surface area contributed by atoms with Crippen LogP contribution in [0.4, 0.5) is 4.39 Å². The van der Waals surface area contributed by atoms with E-state index < -0.39 is 0 Å². The zero-order valence-corrected chi connectivity index (χ0v) is 16.5. The summed E-state index contributed by atoms with van der Waals surface area (Å²) in [6, 6.07) is 6.10. The summed E-state index contributed by atoms with van der Waals surface area (Å²) in [5, 5.41) is 6.49. The third-order valence-electron chi connectivity index (χ3n) is 3.22. The molecule has 0 amide bonds. The van der Waals surface area contributed by atoms with Crippen molar-refractivity contribution in [2.75, 3.05) is 20.1 Å². The van der Waals surface area contributed by atoms with Crippen LogP contribution < -0.4 is 10.6 Å². The first-order valence-corrected chi connectivity index (χ1v) is 7.73. The van der Waals surface area contributed by atoms with Crippen LogP contribution >= 0.6 is 24.0 Å². The molecule has 1 heterocycles. The van der Waals surface area contributed by atoms with Gasteiger partial charge in [0.05, 0.1) is 5.69 Å². The third kappa shape index (κ3) is 6.46. The van der Waals surface area contributed by atoms with Crippen LogP contribution in [0.5, 0.6) is 0 Å². The minimum absolute atomic E-state index is 0. The number of rotatable bonds is 6. The van der Waals surface area contributed by atoms with Crippen molar-refractivity contribution in [3.05, 3.63) is 42.0 Å². The Kier molecular flexibility index (Phi) is 8.73. The van der Waals surface area contributed by atoms with Gasteiger partial charge < -0.3 is 15.1 Å². The van der Waals surface area contributed by atoms with E-state index >= 15 is 0 Å². The van der Waals surface area contributed by atoms with Crippen molar-refractivity contribution in [2.24, 2.45) is 10.9 Å². The number of aliphatic imine (C=N–C) groups is 1. The molecule has 1 aromatic carbocycles. The Bertz CT molecular complexity index is 640. The van der Waals surface area contributed by atoms with Gasteiger partial charge in [0.25, 0.3) is 0 Å². The highest BCUT2D eigenvalue weighted by Crippen LogP contribution is 2.18. The molecule has 0 atom stereocenters. The molecule has 24 heavy (non-hydrogen) atoms. The predicted octanol–water partition coefficient (Wildman–Crippen LogP) is 3.46. The Balaban J connectivity index is 0.00000288. The normalized spacial score (nSPS) is 11.3. The van der Waals surface area contributed by atoms with Crippen molar-refractivity contribution < 1.29 is 8.81 Å². The lowest BCUT2D eigenvalue weighted by atomic mass is 10.2. The molecule has 0 spiro atoms. The Hall–Kier alpha value is -1.64. The molecular formula is C17H24FIN4O. The lowest BCUT2D eigenvalue weighted by molar-refractivity contribution is 0.571. The van der Waals surface area contributed by atoms with Gasteiger partial charge in [-0.05, 0) is 30.2 Å². The molecule has 0 saturated carbocycles. The quantitative estimate of drug-likeness (QED) is 0.406. The van der Waals surface area contributed by atoms with E-state index in [1.807, 2.05) is 0 Å². The SMILES string of the molecule is CN=C(NCCc1coc(-c2ccc(F)cc2)n1)NCC(C)C.I. The molecule has 7 heteroatoms. The Morgan fingerprint density at radius 2 is 1.96 bits per heavy atom. The maximum absolute atomic E-state index is 12.9. The summed E-state index contributed by atoms with van der Waals surface area (Å²) in [6.07, 6.45) is 2.34. The van der Waals surface area contributed by atoms with Crippen molar-refractivity contribution >= 4 is 29.9 Å². The van der Waals surface area contributed by atoms with Gasteiger partial charge in [0.2, 0.25) is 5.89 Å². The molecule has 0 fully saturated rings. The fourth-order valence-corrected chi connectivity index (χ4v) is 1.98. The molecule has 2 aromatic rings. The Morgan fingerprint density at radius 3 is 2.58 bits per heavy atom.